The van der Waals surface area contributed by atoms with Gasteiger partial charge in [0.25, 0.3) is 0 Å². The standard InChI is InChI=1S/C11H11O5P/c1-9(12)15-11(16-17(13)14)8-7-10-5-3-2-4-6-10/h2-6,8H,7H2,1H3/p+1/b11-8+. The highest BCUT2D eigenvalue weighted by Gasteiger charge is 2.19. The molecule has 1 unspecified atom stereocenters. The lowest BCUT2D eigenvalue weighted by Gasteiger charge is -1.99. The summed E-state index contributed by atoms with van der Waals surface area (Å²) >= 11 is 0. The second-order valence-corrected chi connectivity index (χ2v) is 3.79. The molecule has 0 spiro atoms. The van der Waals surface area contributed by atoms with E-state index in [9.17, 15) is 9.36 Å². The number of hydrogen-bond acceptors (Lipinski definition) is 4. The van der Waals surface area contributed by atoms with Crippen LogP contribution in [0.5, 0.6) is 0 Å². The number of esters is 1. The van der Waals surface area contributed by atoms with Gasteiger partial charge in [-0.3, -0.25) is 4.79 Å². The quantitative estimate of drug-likeness (QED) is 0.496. The van der Waals surface area contributed by atoms with Gasteiger partial charge in [-0.1, -0.05) is 30.3 Å². The van der Waals surface area contributed by atoms with E-state index in [-0.39, 0.29) is 5.95 Å². The zero-order chi connectivity index (χ0) is 12.7. The highest BCUT2D eigenvalue weighted by atomic mass is 31.1. The van der Waals surface area contributed by atoms with Gasteiger partial charge in [-0.05, 0) is 12.0 Å². The molecule has 0 heterocycles. The smallest absolute Gasteiger partial charge is 0.390 e. The van der Waals surface area contributed by atoms with Crippen molar-refractivity contribution in [2.24, 2.45) is 0 Å². The Hall–Kier alpha value is -1.71. The minimum Gasteiger partial charge on any atom is -0.390 e. The molecule has 6 heteroatoms. The number of hydrogen-bond donors (Lipinski definition) is 1. The average molecular weight is 255 g/mol. The van der Waals surface area contributed by atoms with Gasteiger partial charge in [-0.25, -0.2) is 0 Å². The van der Waals surface area contributed by atoms with Crippen LogP contribution in [0, 0.1) is 0 Å². The van der Waals surface area contributed by atoms with Crippen molar-refractivity contribution in [3.63, 3.8) is 0 Å². The van der Waals surface area contributed by atoms with Gasteiger partial charge < -0.3 is 4.74 Å². The Labute approximate surface area is 99.6 Å². The zero-order valence-corrected chi connectivity index (χ0v) is 10.1. The highest BCUT2D eigenvalue weighted by Crippen LogP contribution is 2.21. The molecule has 0 aromatic heterocycles. The summed E-state index contributed by atoms with van der Waals surface area (Å²) in [5, 5.41) is 0. The molecule has 1 N–H and O–H groups in total. The van der Waals surface area contributed by atoms with Crippen LogP contribution >= 0.6 is 8.25 Å². The maximum absolute atomic E-state index is 10.7. The Bertz CT molecular complexity index is 409. The van der Waals surface area contributed by atoms with Crippen LogP contribution in [0.4, 0.5) is 0 Å². The molecule has 0 saturated carbocycles. The van der Waals surface area contributed by atoms with Gasteiger partial charge in [0.15, 0.2) is 0 Å². The summed E-state index contributed by atoms with van der Waals surface area (Å²) in [6.07, 6.45) is 1.87. The van der Waals surface area contributed by atoms with E-state index >= 15 is 0 Å². The van der Waals surface area contributed by atoms with Crippen LogP contribution in [-0.2, 0) is 25.0 Å². The second-order valence-electron chi connectivity index (χ2n) is 3.14. The predicted molar refractivity (Wildman–Crippen MR) is 60.9 cm³/mol. The fourth-order valence-corrected chi connectivity index (χ4v) is 1.40. The Kier molecular flexibility index (Phi) is 5.33. The normalized spacial score (nSPS) is 11.9. The van der Waals surface area contributed by atoms with Crippen LogP contribution in [0.15, 0.2) is 42.4 Å². The van der Waals surface area contributed by atoms with Crippen LogP contribution < -0.4 is 0 Å². The summed E-state index contributed by atoms with van der Waals surface area (Å²) in [6, 6.07) is 9.35. The van der Waals surface area contributed by atoms with Gasteiger partial charge in [0.05, 0.1) is 0 Å². The van der Waals surface area contributed by atoms with Crippen molar-refractivity contribution in [3.8, 4) is 0 Å². The van der Waals surface area contributed by atoms with Crippen molar-refractivity contribution in [2.75, 3.05) is 0 Å². The molecule has 1 atom stereocenters. The molecule has 17 heavy (non-hydrogen) atoms. The minimum atomic E-state index is -2.85. The summed E-state index contributed by atoms with van der Waals surface area (Å²) in [7, 11) is -2.85. The molecule has 0 saturated heterocycles. The Morgan fingerprint density at radius 3 is 2.59 bits per heavy atom. The number of benzene rings is 1. The van der Waals surface area contributed by atoms with Gasteiger partial charge in [0.1, 0.15) is 0 Å². The first-order valence-corrected chi connectivity index (χ1v) is 5.97. The maximum Gasteiger partial charge on any atom is 0.750 e. The number of carbonyl (C=O) groups excluding carboxylic acids is 1. The van der Waals surface area contributed by atoms with Crippen LogP contribution in [0.25, 0.3) is 0 Å². The van der Waals surface area contributed by atoms with Crippen molar-refractivity contribution in [2.45, 2.75) is 13.3 Å². The lowest BCUT2D eigenvalue weighted by Crippen LogP contribution is -2.00. The first kappa shape index (κ1) is 13.4. The van der Waals surface area contributed by atoms with Crippen molar-refractivity contribution < 1.29 is 23.5 Å². The zero-order valence-electron chi connectivity index (χ0n) is 9.20. The molecule has 0 fully saturated rings. The fraction of sp³-hybridized carbons (Fsp3) is 0.182. The molecular weight excluding hydrogens is 243 g/mol. The van der Waals surface area contributed by atoms with Crippen molar-refractivity contribution in [1.29, 1.82) is 0 Å². The molecule has 90 valence electrons. The van der Waals surface area contributed by atoms with Gasteiger partial charge >= 0.3 is 20.2 Å². The van der Waals surface area contributed by atoms with Crippen molar-refractivity contribution >= 4 is 14.2 Å². The predicted octanol–water partition coefficient (Wildman–Crippen LogP) is 2.30. The maximum atomic E-state index is 10.7. The molecule has 0 amide bonds. The highest BCUT2D eigenvalue weighted by molar-refractivity contribution is 7.32. The van der Waals surface area contributed by atoms with Crippen LogP contribution in [-0.4, -0.2) is 10.9 Å². The molecule has 0 aliphatic carbocycles. The fourth-order valence-electron chi connectivity index (χ4n) is 1.13. The van der Waals surface area contributed by atoms with Crippen LogP contribution in [0.3, 0.4) is 0 Å². The molecule has 0 radical (unpaired) electrons. The summed E-state index contributed by atoms with van der Waals surface area (Å²) < 4.78 is 19.6. The van der Waals surface area contributed by atoms with E-state index in [1.54, 1.807) is 0 Å². The van der Waals surface area contributed by atoms with E-state index in [4.69, 9.17) is 4.89 Å². The molecule has 0 aliphatic rings. The summed E-state index contributed by atoms with van der Waals surface area (Å²) in [6.45, 7) is 1.18. The third kappa shape index (κ3) is 5.80. The molecule has 1 aromatic carbocycles. The Morgan fingerprint density at radius 1 is 1.41 bits per heavy atom. The molecular formula is C11H12O5P+. The first-order valence-electron chi connectivity index (χ1n) is 4.84. The van der Waals surface area contributed by atoms with Gasteiger partial charge in [0.2, 0.25) is 0 Å². The summed E-state index contributed by atoms with van der Waals surface area (Å²) in [5.41, 5.74) is 0.967. The lowest BCUT2D eigenvalue weighted by molar-refractivity contribution is -0.140. The Morgan fingerprint density at radius 2 is 2.06 bits per heavy atom. The number of ether oxygens (including phenoxy) is 1. The van der Waals surface area contributed by atoms with E-state index in [0.29, 0.717) is 6.42 Å². The SMILES string of the molecule is CC(=O)O/C(=C\Cc1ccccc1)O[P+](=O)O. The van der Waals surface area contributed by atoms with Crippen molar-refractivity contribution in [1.82, 2.24) is 0 Å². The topological polar surface area (TPSA) is 72.8 Å². The monoisotopic (exact) mass is 255 g/mol. The molecule has 1 aromatic rings. The van der Waals surface area contributed by atoms with Crippen LogP contribution in [0.2, 0.25) is 0 Å². The van der Waals surface area contributed by atoms with E-state index in [1.807, 2.05) is 30.3 Å². The lowest BCUT2D eigenvalue weighted by atomic mass is 10.1. The minimum absolute atomic E-state index is 0.259. The van der Waals surface area contributed by atoms with Gasteiger partial charge in [-0.2, -0.15) is 4.52 Å². The third-order valence-electron chi connectivity index (χ3n) is 1.76. The van der Waals surface area contributed by atoms with Gasteiger partial charge in [0, 0.05) is 17.6 Å². The first-order chi connectivity index (χ1) is 8.08. The number of allylic oxidation sites excluding steroid dienone is 1. The molecule has 0 aliphatic heterocycles. The van der Waals surface area contributed by atoms with E-state index in [0.717, 1.165) is 5.56 Å². The molecule has 0 bridgehead atoms. The van der Waals surface area contributed by atoms with Crippen molar-refractivity contribution in [3.05, 3.63) is 47.9 Å². The molecule has 1 rings (SSSR count). The van der Waals surface area contributed by atoms with E-state index < -0.39 is 14.2 Å². The second kappa shape index (κ2) is 6.78. The van der Waals surface area contributed by atoms with E-state index in [1.165, 1.54) is 13.0 Å². The summed E-state index contributed by atoms with van der Waals surface area (Å²) in [4.78, 5) is 19.3. The van der Waals surface area contributed by atoms with E-state index in [2.05, 4.69) is 9.26 Å². The van der Waals surface area contributed by atoms with Gasteiger partial charge in [-0.15, -0.1) is 4.89 Å². The summed E-state index contributed by atoms with van der Waals surface area (Å²) in [5.74, 6) is -0.869. The third-order valence-corrected chi connectivity index (χ3v) is 2.10. The largest absolute Gasteiger partial charge is 0.750 e. The number of carbonyl (C=O) groups is 1. The Balaban J connectivity index is 2.68. The molecule has 5 nitrogen and oxygen atoms in total. The van der Waals surface area contributed by atoms with Crippen LogP contribution in [0.1, 0.15) is 12.5 Å². The number of rotatable bonds is 5. The average Bonchev–Trinajstić information content (AvgIpc) is 2.26.